The van der Waals surface area contributed by atoms with E-state index in [1.807, 2.05) is 39.0 Å². The van der Waals surface area contributed by atoms with E-state index in [1.54, 1.807) is 12.4 Å². The Balaban J connectivity index is 2.39. The second kappa shape index (κ2) is 7.90. The van der Waals surface area contributed by atoms with Crippen LogP contribution in [0.15, 0.2) is 35.1 Å². The standard InChI is InChI=1S/C14H21BrN2O2S/c1-11(19-13-8-12(15)9-17-10-13)6-4-5-7-14(2,3)20(16)18/h5,7-11H,4,6,16H2,1-3H3/b7-5+/t11-,20?/m0/s1. The van der Waals surface area contributed by atoms with Crippen molar-refractivity contribution in [2.45, 2.75) is 44.5 Å². The van der Waals surface area contributed by atoms with Crippen LogP contribution in [-0.2, 0) is 11.0 Å². The number of hydrogen-bond acceptors (Lipinski definition) is 3. The fourth-order valence-electron chi connectivity index (χ4n) is 1.51. The first-order chi connectivity index (χ1) is 9.31. The molecule has 2 atom stereocenters. The molecule has 0 aliphatic heterocycles. The van der Waals surface area contributed by atoms with E-state index in [1.165, 1.54) is 0 Å². The highest BCUT2D eigenvalue weighted by Gasteiger charge is 2.18. The Hall–Kier alpha value is -0.720. The third-order valence-corrected chi connectivity index (χ3v) is 4.40. The fraction of sp³-hybridized carbons (Fsp3) is 0.500. The second-order valence-electron chi connectivity index (χ2n) is 5.15. The van der Waals surface area contributed by atoms with Gasteiger partial charge in [0, 0.05) is 10.7 Å². The number of nitrogens with zero attached hydrogens (tertiary/aromatic N) is 1. The molecule has 0 spiro atoms. The first kappa shape index (κ1) is 17.3. The quantitative estimate of drug-likeness (QED) is 0.758. The molecule has 0 fully saturated rings. The molecule has 4 nitrogen and oxygen atoms in total. The van der Waals surface area contributed by atoms with Crippen molar-refractivity contribution in [2.24, 2.45) is 5.14 Å². The van der Waals surface area contributed by atoms with Gasteiger partial charge in [0.1, 0.15) is 5.75 Å². The molecule has 1 aromatic rings. The smallest absolute Gasteiger partial charge is 0.139 e. The summed E-state index contributed by atoms with van der Waals surface area (Å²) >= 11 is 3.36. The van der Waals surface area contributed by atoms with Gasteiger partial charge in [0.15, 0.2) is 0 Å². The lowest BCUT2D eigenvalue weighted by molar-refractivity contribution is 0.211. The van der Waals surface area contributed by atoms with Crippen molar-refractivity contribution in [2.75, 3.05) is 0 Å². The molecule has 1 aromatic heterocycles. The second-order valence-corrected chi connectivity index (χ2v) is 7.71. The first-order valence-corrected chi connectivity index (χ1v) is 8.43. The molecule has 2 N–H and O–H groups in total. The third kappa shape index (κ3) is 6.15. The van der Waals surface area contributed by atoms with Crippen molar-refractivity contribution in [1.29, 1.82) is 0 Å². The number of pyridine rings is 1. The predicted octanol–water partition coefficient (Wildman–Crippen LogP) is 3.35. The number of rotatable bonds is 7. The summed E-state index contributed by atoms with van der Waals surface area (Å²) in [5, 5.41) is 5.41. The van der Waals surface area contributed by atoms with Crippen LogP contribution in [0.3, 0.4) is 0 Å². The Bertz CT molecular complexity index is 492. The summed E-state index contributed by atoms with van der Waals surface area (Å²) in [6.45, 7) is 5.72. The summed E-state index contributed by atoms with van der Waals surface area (Å²) in [6, 6.07) is 1.89. The average molecular weight is 361 g/mol. The highest BCUT2D eigenvalue weighted by Crippen LogP contribution is 2.18. The summed E-state index contributed by atoms with van der Waals surface area (Å²) in [4.78, 5) is 4.05. The lowest BCUT2D eigenvalue weighted by Crippen LogP contribution is -2.29. The van der Waals surface area contributed by atoms with E-state index in [2.05, 4.69) is 20.9 Å². The molecule has 1 rings (SSSR count). The first-order valence-electron chi connectivity index (χ1n) is 6.42. The van der Waals surface area contributed by atoms with Gasteiger partial charge < -0.3 is 4.74 Å². The zero-order chi connectivity index (χ0) is 15.2. The largest absolute Gasteiger partial charge is 0.489 e. The molecule has 6 heteroatoms. The van der Waals surface area contributed by atoms with E-state index in [0.717, 1.165) is 23.1 Å². The van der Waals surface area contributed by atoms with E-state index in [9.17, 15) is 4.21 Å². The highest BCUT2D eigenvalue weighted by atomic mass is 79.9. The zero-order valence-electron chi connectivity index (χ0n) is 12.0. The predicted molar refractivity (Wildman–Crippen MR) is 86.8 cm³/mol. The zero-order valence-corrected chi connectivity index (χ0v) is 14.4. The molecule has 0 amide bonds. The Morgan fingerprint density at radius 3 is 2.85 bits per heavy atom. The summed E-state index contributed by atoms with van der Waals surface area (Å²) in [5.41, 5.74) is 0. The van der Waals surface area contributed by atoms with E-state index in [4.69, 9.17) is 9.88 Å². The van der Waals surface area contributed by atoms with E-state index in [-0.39, 0.29) is 6.10 Å². The van der Waals surface area contributed by atoms with Crippen LogP contribution >= 0.6 is 15.9 Å². The van der Waals surface area contributed by atoms with Crippen LogP contribution in [0.25, 0.3) is 0 Å². The molecule has 0 saturated heterocycles. The molecule has 1 heterocycles. The van der Waals surface area contributed by atoms with Gasteiger partial charge in [-0.3, -0.25) is 10.1 Å². The van der Waals surface area contributed by atoms with Gasteiger partial charge in [-0.25, -0.2) is 4.21 Å². The van der Waals surface area contributed by atoms with Crippen LogP contribution in [0, 0.1) is 0 Å². The number of ether oxygens (including phenoxy) is 1. The van der Waals surface area contributed by atoms with Crippen molar-refractivity contribution in [3.8, 4) is 5.75 Å². The van der Waals surface area contributed by atoms with Crippen LogP contribution in [0.1, 0.15) is 33.6 Å². The maximum Gasteiger partial charge on any atom is 0.139 e. The van der Waals surface area contributed by atoms with Gasteiger partial charge in [0.05, 0.1) is 28.0 Å². The molecule has 112 valence electrons. The van der Waals surface area contributed by atoms with Crippen LogP contribution < -0.4 is 9.88 Å². The Kier molecular flexibility index (Phi) is 6.85. The molecule has 0 bridgehead atoms. The van der Waals surface area contributed by atoms with Gasteiger partial charge in [0.25, 0.3) is 0 Å². The monoisotopic (exact) mass is 360 g/mol. The minimum atomic E-state index is -1.36. The van der Waals surface area contributed by atoms with Crippen molar-refractivity contribution in [3.05, 3.63) is 35.1 Å². The Labute approximate surface area is 131 Å². The van der Waals surface area contributed by atoms with Crippen molar-refractivity contribution < 1.29 is 8.95 Å². The number of nitrogens with two attached hydrogens (primary N) is 1. The van der Waals surface area contributed by atoms with Gasteiger partial charge in [-0.15, -0.1) is 0 Å². The lowest BCUT2D eigenvalue weighted by atomic mass is 10.1. The van der Waals surface area contributed by atoms with Crippen molar-refractivity contribution >= 4 is 26.9 Å². The van der Waals surface area contributed by atoms with Gasteiger partial charge in [-0.1, -0.05) is 12.2 Å². The van der Waals surface area contributed by atoms with Crippen LogP contribution in [-0.4, -0.2) is 20.0 Å². The molecular weight excluding hydrogens is 340 g/mol. The number of hydrogen-bond donors (Lipinski definition) is 1. The maximum absolute atomic E-state index is 11.3. The Morgan fingerprint density at radius 1 is 1.55 bits per heavy atom. The molecule has 0 aliphatic carbocycles. The fourth-order valence-corrected chi connectivity index (χ4v) is 2.09. The van der Waals surface area contributed by atoms with Gasteiger partial charge in [-0.2, -0.15) is 0 Å². The lowest BCUT2D eigenvalue weighted by Gasteiger charge is -2.16. The van der Waals surface area contributed by atoms with Crippen molar-refractivity contribution in [3.63, 3.8) is 0 Å². The number of allylic oxidation sites excluding steroid dienone is 1. The van der Waals surface area contributed by atoms with Gasteiger partial charge >= 0.3 is 0 Å². The van der Waals surface area contributed by atoms with Crippen LogP contribution in [0.4, 0.5) is 0 Å². The number of halogens is 1. The average Bonchev–Trinajstić information content (AvgIpc) is 2.34. The van der Waals surface area contributed by atoms with Crippen LogP contribution in [0.5, 0.6) is 5.75 Å². The maximum atomic E-state index is 11.3. The molecule has 0 radical (unpaired) electrons. The molecule has 1 unspecified atom stereocenters. The SMILES string of the molecule is C[C@@H](CC/C=C/C(C)(C)S(N)=O)Oc1cncc(Br)c1. The molecule has 20 heavy (non-hydrogen) atoms. The van der Waals surface area contributed by atoms with Crippen molar-refractivity contribution in [1.82, 2.24) is 4.98 Å². The minimum Gasteiger partial charge on any atom is -0.489 e. The van der Waals surface area contributed by atoms with E-state index < -0.39 is 15.7 Å². The molecule has 0 aromatic carbocycles. The molecule has 0 saturated carbocycles. The molecule has 0 aliphatic rings. The van der Waals surface area contributed by atoms with Gasteiger partial charge in [-0.05, 0) is 55.6 Å². The summed E-state index contributed by atoms with van der Waals surface area (Å²) < 4.78 is 17.4. The van der Waals surface area contributed by atoms with Crippen LogP contribution in [0.2, 0.25) is 0 Å². The Morgan fingerprint density at radius 2 is 2.25 bits per heavy atom. The van der Waals surface area contributed by atoms with Gasteiger partial charge in [0.2, 0.25) is 0 Å². The summed E-state index contributed by atoms with van der Waals surface area (Å²) in [6.07, 6.45) is 9.12. The normalized spacial score (nSPS) is 15.2. The van der Waals surface area contributed by atoms with E-state index in [0.29, 0.717) is 0 Å². The summed E-state index contributed by atoms with van der Waals surface area (Å²) in [7, 11) is -1.36. The van der Waals surface area contributed by atoms with E-state index >= 15 is 0 Å². The third-order valence-electron chi connectivity index (χ3n) is 2.79. The minimum absolute atomic E-state index is 0.0854. The molecular formula is C14H21BrN2O2S. The topological polar surface area (TPSA) is 65.2 Å². The highest BCUT2D eigenvalue weighted by molar-refractivity contribution is 9.10. The summed E-state index contributed by atoms with van der Waals surface area (Å²) in [5.74, 6) is 0.749. The number of aromatic nitrogens is 1.